The van der Waals surface area contributed by atoms with Gasteiger partial charge < -0.3 is 19.6 Å². The molecule has 1 atom stereocenters. The van der Waals surface area contributed by atoms with Crippen molar-refractivity contribution in [3.63, 3.8) is 0 Å². The summed E-state index contributed by atoms with van der Waals surface area (Å²) < 4.78 is 5.51. The van der Waals surface area contributed by atoms with Gasteiger partial charge in [0.25, 0.3) is 11.7 Å². The molecule has 0 aliphatic carbocycles. The van der Waals surface area contributed by atoms with Crippen molar-refractivity contribution < 1.29 is 19.4 Å². The number of aliphatic hydroxyl groups excluding tert-OH is 1. The van der Waals surface area contributed by atoms with Crippen molar-refractivity contribution >= 4 is 29.1 Å². The van der Waals surface area contributed by atoms with Gasteiger partial charge in [0.05, 0.1) is 18.2 Å². The third-order valence-corrected chi connectivity index (χ3v) is 5.53. The van der Waals surface area contributed by atoms with Crippen LogP contribution < -0.4 is 4.74 Å². The summed E-state index contributed by atoms with van der Waals surface area (Å²) in [4.78, 5) is 29.4. The Balaban J connectivity index is 2.13. The summed E-state index contributed by atoms with van der Waals surface area (Å²) in [5, 5.41) is 11.7. The smallest absolute Gasteiger partial charge is 0.295 e. The van der Waals surface area contributed by atoms with Crippen LogP contribution in [0.15, 0.2) is 48.0 Å². The highest BCUT2D eigenvalue weighted by atomic mass is 35.5. The molecule has 1 aliphatic heterocycles. The van der Waals surface area contributed by atoms with Crippen LogP contribution in [-0.4, -0.2) is 60.4 Å². The predicted octanol–water partition coefficient (Wildman–Crippen LogP) is 4.03. The van der Waals surface area contributed by atoms with Crippen LogP contribution >= 0.6 is 11.6 Å². The summed E-state index contributed by atoms with van der Waals surface area (Å²) in [6.45, 7) is 5.18. The van der Waals surface area contributed by atoms with Crippen molar-refractivity contribution in [3.8, 4) is 5.75 Å². The Morgan fingerprint density at radius 3 is 2.42 bits per heavy atom. The molecule has 164 valence electrons. The monoisotopic (exact) mass is 442 g/mol. The minimum atomic E-state index is -0.691. The van der Waals surface area contributed by atoms with E-state index in [4.69, 9.17) is 16.3 Å². The quantitative estimate of drug-likeness (QED) is 0.398. The second-order valence-electron chi connectivity index (χ2n) is 7.76. The average Bonchev–Trinajstić information content (AvgIpc) is 2.97. The molecule has 3 rings (SSSR count). The number of ketones is 1. The number of Topliss-reactive ketones (excluding diaryl/α,β-unsaturated/α-hetero) is 1. The van der Waals surface area contributed by atoms with Crippen molar-refractivity contribution in [1.29, 1.82) is 0 Å². The van der Waals surface area contributed by atoms with E-state index in [2.05, 4.69) is 0 Å². The van der Waals surface area contributed by atoms with Crippen LogP contribution in [0, 0.1) is 6.92 Å². The molecule has 2 aromatic rings. The minimum absolute atomic E-state index is 0.0818. The van der Waals surface area contributed by atoms with Gasteiger partial charge in [-0.15, -0.1) is 0 Å². The third-order valence-electron chi connectivity index (χ3n) is 5.28. The van der Waals surface area contributed by atoms with Crippen LogP contribution in [0.1, 0.15) is 29.7 Å². The number of hydrogen-bond acceptors (Lipinski definition) is 5. The molecular weight excluding hydrogens is 416 g/mol. The number of aryl methyl sites for hydroxylation is 1. The van der Waals surface area contributed by atoms with Crippen LogP contribution in [0.3, 0.4) is 0 Å². The van der Waals surface area contributed by atoms with Crippen molar-refractivity contribution in [2.75, 3.05) is 33.8 Å². The molecule has 0 bridgehead atoms. The summed E-state index contributed by atoms with van der Waals surface area (Å²) in [5.41, 5.74) is 2.04. The van der Waals surface area contributed by atoms with E-state index < -0.39 is 17.7 Å². The topological polar surface area (TPSA) is 70.1 Å². The van der Waals surface area contributed by atoms with Gasteiger partial charge in [-0.3, -0.25) is 9.59 Å². The fourth-order valence-corrected chi connectivity index (χ4v) is 3.84. The van der Waals surface area contributed by atoms with Gasteiger partial charge in [0.2, 0.25) is 0 Å². The second kappa shape index (κ2) is 9.54. The largest absolute Gasteiger partial charge is 0.507 e. The molecule has 0 radical (unpaired) electrons. The molecule has 1 aliphatic rings. The summed E-state index contributed by atoms with van der Waals surface area (Å²) in [5.74, 6) is -0.820. The number of benzene rings is 2. The zero-order valence-corrected chi connectivity index (χ0v) is 18.9. The van der Waals surface area contributed by atoms with Crippen molar-refractivity contribution in [3.05, 3.63) is 69.8 Å². The van der Waals surface area contributed by atoms with Crippen LogP contribution in [-0.2, 0) is 9.59 Å². The summed E-state index contributed by atoms with van der Waals surface area (Å²) in [7, 11) is 3.80. The van der Waals surface area contributed by atoms with Gasteiger partial charge in [0.1, 0.15) is 11.5 Å². The maximum Gasteiger partial charge on any atom is 0.295 e. The Kier molecular flexibility index (Phi) is 7.03. The standard InChI is InChI=1S/C24H27ClN2O4/c1-5-31-18-10-11-19(15(2)14-18)22(28)20-21(16-6-8-17(25)9-7-16)27(13-12-26(3)4)24(30)23(20)29/h6-11,14,21,28H,5,12-13H2,1-4H3/t21-/m1/s1. The fourth-order valence-electron chi connectivity index (χ4n) is 3.71. The lowest BCUT2D eigenvalue weighted by molar-refractivity contribution is -0.140. The van der Waals surface area contributed by atoms with Crippen LogP contribution in [0.4, 0.5) is 0 Å². The highest BCUT2D eigenvalue weighted by Gasteiger charge is 2.46. The second-order valence-corrected chi connectivity index (χ2v) is 8.19. The number of rotatable bonds is 7. The van der Waals surface area contributed by atoms with E-state index in [1.165, 1.54) is 4.90 Å². The summed E-state index contributed by atoms with van der Waals surface area (Å²) in [6.07, 6.45) is 0. The number of halogens is 1. The molecule has 31 heavy (non-hydrogen) atoms. The summed E-state index contributed by atoms with van der Waals surface area (Å²) in [6, 6.07) is 11.5. The number of likely N-dealkylation sites (tertiary alicyclic amines) is 1. The van der Waals surface area contributed by atoms with E-state index in [-0.39, 0.29) is 11.3 Å². The van der Waals surface area contributed by atoms with Gasteiger partial charge >= 0.3 is 0 Å². The van der Waals surface area contributed by atoms with Crippen LogP contribution in [0.25, 0.3) is 5.76 Å². The maximum atomic E-state index is 13.0. The van der Waals surface area contributed by atoms with Gasteiger partial charge in [0, 0.05) is 23.7 Å². The molecule has 0 aromatic heterocycles. The molecular formula is C24H27ClN2O4. The molecule has 1 N–H and O–H groups in total. The first-order valence-electron chi connectivity index (χ1n) is 10.2. The number of carbonyl (C=O) groups is 2. The van der Waals surface area contributed by atoms with Gasteiger partial charge in [-0.05, 0) is 69.4 Å². The number of carbonyl (C=O) groups excluding carboxylic acids is 2. The Morgan fingerprint density at radius 2 is 1.84 bits per heavy atom. The third kappa shape index (κ3) is 4.75. The highest BCUT2D eigenvalue weighted by Crippen LogP contribution is 2.40. The number of amides is 1. The highest BCUT2D eigenvalue weighted by molar-refractivity contribution is 6.46. The van der Waals surface area contributed by atoms with E-state index in [9.17, 15) is 14.7 Å². The Hall–Kier alpha value is -2.83. The van der Waals surface area contributed by atoms with Crippen molar-refractivity contribution in [2.45, 2.75) is 19.9 Å². The molecule has 6 nitrogen and oxygen atoms in total. The Labute approximate surface area is 187 Å². The zero-order valence-electron chi connectivity index (χ0n) is 18.2. The average molecular weight is 443 g/mol. The number of hydrogen-bond donors (Lipinski definition) is 1. The maximum absolute atomic E-state index is 13.0. The molecule has 2 aromatic carbocycles. The lowest BCUT2D eigenvalue weighted by Crippen LogP contribution is -2.35. The normalized spacial score (nSPS) is 18.1. The van der Waals surface area contributed by atoms with Gasteiger partial charge in [-0.2, -0.15) is 0 Å². The number of likely N-dealkylation sites (N-methyl/N-ethyl adjacent to an activating group) is 1. The van der Waals surface area contributed by atoms with Crippen molar-refractivity contribution in [2.24, 2.45) is 0 Å². The van der Waals surface area contributed by atoms with Gasteiger partial charge in [-0.25, -0.2) is 0 Å². The van der Waals surface area contributed by atoms with Gasteiger partial charge in [0.15, 0.2) is 0 Å². The number of nitrogens with zero attached hydrogens (tertiary/aromatic N) is 2. The molecule has 1 heterocycles. The van der Waals surface area contributed by atoms with E-state index in [1.54, 1.807) is 42.5 Å². The molecule has 0 unspecified atom stereocenters. The van der Waals surface area contributed by atoms with E-state index in [0.717, 1.165) is 5.56 Å². The Bertz CT molecular complexity index is 1010. The van der Waals surface area contributed by atoms with E-state index >= 15 is 0 Å². The first-order valence-corrected chi connectivity index (χ1v) is 10.5. The SMILES string of the molecule is CCOc1ccc(C(O)=C2C(=O)C(=O)N(CCN(C)C)[C@@H]2c2ccc(Cl)cc2)c(C)c1. The minimum Gasteiger partial charge on any atom is -0.507 e. The van der Waals surface area contributed by atoms with E-state index in [1.807, 2.05) is 32.8 Å². The van der Waals surface area contributed by atoms with Crippen LogP contribution in [0.2, 0.25) is 5.02 Å². The molecule has 0 spiro atoms. The molecule has 1 amide bonds. The first kappa shape index (κ1) is 22.8. The predicted molar refractivity (Wildman–Crippen MR) is 121 cm³/mol. The number of aliphatic hydroxyl groups is 1. The molecule has 1 fully saturated rings. The summed E-state index contributed by atoms with van der Waals surface area (Å²) >= 11 is 6.04. The van der Waals surface area contributed by atoms with Crippen molar-refractivity contribution in [1.82, 2.24) is 9.80 Å². The number of ether oxygens (including phenoxy) is 1. The first-order chi connectivity index (χ1) is 14.7. The molecule has 7 heteroatoms. The fraction of sp³-hybridized carbons (Fsp3) is 0.333. The molecule has 0 saturated carbocycles. The van der Waals surface area contributed by atoms with Crippen LogP contribution in [0.5, 0.6) is 5.75 Å². The lowest BCUT2D eigenvalue weighted by Gasteiger charge is -2.26. The van der Waals surface area contributed by atoms with Gasteiger partial charge in [-0.1, -0.05) is 23.7 Å². The van der Waals surface area contributed by atoms with E-state index in [0.29, 0.717) is 41.6 Å². The lowest BCUT2D eigenvalue weighted by atomic mass is 9.94. The zero-order chi connectivity index (χ0) is 22.7. The Morgan fingerprint density at radius 1 is 1.16 bits per heavy atom. The molecule has 1 saturated heterocycles.